The van der Waals surface area contributed by atoms with Crippen LogP contribution in [-0.4, -0.2) is 7.11 Å². The molecule has 0 amide bonds. The molecule has 2 nitrogen and oxygen atoms in total. The number of ether oxygens (including phenoxy) is 1. The Morgan fingerprint density at radius 2 is 1.89 bits per heavy atom. The van der Waals surface area contributed by atoms with Crippen LogP contribution in [0.15, 0.2) is 37.0 Å². The van der Waals surface area contributed by atoms with Crippen LogP contribution >= 0.6 is 59.1 Å². The molecule has 1 atom stereocenters. The predicted octanol–water partition coefficient (Wildman–Crippen LogP) is 6.22. The van der Waals surface area contributed by atoms with E-state index in [2.05, 4.69) is 71.5 Å². The minimum atomic E-state index is 0.219. The van der Waals surface area contributed by atoms with Gasteiger partial charge in [-0.05, 0) is 72.2 Å². The summed E-state index contributed by atoms with van der Waals surface area (Å²) in [7, 11) is 1.66. The fourth-order valence-corrected chi connectivity index (χ4v) is 4.70. The zero-order valence-electron chi connectivity index (χ0n) is 10.3. The first-order chi connectivity index (χ1) is 9.02. The molecular weight excluding hydrogens is 458 g/mol. The molecule has 2 aromatic rings. The minimum Gasteiger partial charge on any atom is -0.495 e. The lowest BCUT2D eigenvalue weighted by Crippen LogP contribution is -2.06. The quantitative estimate of drug-likeness (QED) is 0.574. The third-order valence-corrected chi connectivity index (χ3v) is 5.98. The molecule has 2 rings (SSSR count). The molecule has 1 N–H and O–H groups in total. The smallest absolute Gasteiger partial charge is 0.135 e. The lowest BCUT2D eigenvalue weighted by atomic mass is 10.2. The standard InChI is InChI=1S/C13H12Br3NOS/c1-7(13-8(14)3-4-19-13)17-11-6-12(18-2)10(16)5-9(11)15/h3-7,17H,1-2H3. The maximum atomic E-state index is 5.32. The first-order valence-corrected chi connectivity index (χ1v) is 8.81. The average Bonchev–Trinajstić information content (AvgIpc) is 2.79. The molecule has 0 aliphatic heterocycles. The van der Waals surface area contributed by atoms with Crippen molar-refractivity contribution in [3.05, 3.63) is 41.9 Å². The van der Waals surface area contributed by atoms with Gasteiger partial charge < -0.3 is 10.1 Å². The minimum absolute atomic E-state index is 0.219. The molecule has 0 spiro atoms. The normalized spacial score (nSPS) is 12.3. The Balaban J connectivity index is 2.26. The third kappa shape index (κ3) is 3.54. The Morgan fingerprint density at radius 3 is 2.47 bits per heavy atom. The van der Waals surface area contributed by atoms with Crippen LogP contribution in [0, 0.1) is 0 Å². The molecule has 1 unspecified atom stereocenters. The van der Waals surface area contributed by atoms with Crippen molar-refractivity contribution in [2.24, 2.45) is 0 Å². The zero-order valence-corrected chi connectivity index (χ0v) is 15.9. The number of anilines is 1. The van der Waals surface area contributed by atoms with Crippen LogP contribution in [0.5, 0.6) is 5.75 Å². The Bertz CT molecular complexity index is 585. The monoisotopic (exact) mass is 467 g/mol. The van der Waals surface area contributed by atoms with Gasteiger partial charge >= 0.3 is 0 Å². The molecule has 6 heteroatoms. The summed E-state index contributed by atoms with van der Waals surface area (Å²) in [6.45, 7) is 2.14. The van der Waals surface area contributed by atoms with Gasteiger partial charge in [-0.3, -0.25) is 0 Å². The van der Waals surface area contributed by atoms with E-state index in [-0.39, 0.29) is 6.04 Å². The summed E-state index contributed by atoms with van der Waals surface area (Å²) in [4.78, 5) is 1.27. The molecule has 0 aliphatic rings. The first-order valence-electron chi connectivity index (χ1n) is 5.55. The van der Waals surface area contributed by atoms with Gasteiger partial charge in [-0.1, -0.05) is 0 Å². The molecule has 0 fully saturated rings. The summed E-state index contributed by atoms with van der Waals surface area (Å²) in [6.07, 6.45) is 0. The van der Waals surface area contributed by atoms with Crippen LogP contribution in [0.25, 0.3) is 0 Å². The van der Waals surface area contributed by atoms with Gasteiger partial charge in [-0.25, -0.2) is 0 Å². The van der Waals surface area contributed by atoms with Crippen molar-refractivity contribution in [1.82, 2.24) is 0 Å². The lowest BCUT2D eigenvalue weighted by Gasteiger charge is -2.17. The van der Waals surface area contributed by atoms with Gasteiger partial charge in [0.15, 0.2) is 0 Å². The Labute approximate surface area is 141 Å². The van der Waals surface area contributed by atoms with E-state index in [1.165, 1.54) is 4.88 Å². The Kier molecular flexibility index (Phi) is 5.34. The number of benzene rings is 1. The van der Waals surface area contributed by atoms with Gasteiger partial charge in [0.25, 0.3) is 0 Å². The van der Waals surface area contributed by atoms with Crippen LogP contribution in [-0.2, 0) is 0 Å². The summed E-state index contributed by atoms with van der Waals surface area (Å²) in [5.41, 5.74) is 1.01. The van der Waals surface area contributed by atoms with E-state index in [0.717, 1.165) is 24.9 Å². The van der Waals surface area contributed by atoms with E-state index >= 15 is 0 Å². The fourth-order valence-electron chi connectivity index (χ4n) is 1.71. The van der Waals surface area contributed by atoms with Gasteiger partial charge in [0.05, 0.1) is 23.3 Å². The van der Waals surface area contributed by atoms with Crippen molar-refractivity contribution in [2.45, 2.75) is 13.0 Å². The predicted molar refractivity (Wildman–Crippen MR) is 92.5 cm³/mol. The van der Waals surface area contributed by atoms with E-state index in [4.69, 9.17) is 4.74 Å². The number of hydrogen-bond donors (Lipinski definition) is 1. The topological polar surface area (TPSA) is 21.3 Å². The Hall–Kier alpha value is -0.0400. The van der Waals surface area contributed by atoms with Gasteiger partial charge in [0, 0.05) is 19.9 Å². The van der Waals surface area contributed by atoms with E-state index in [0.29, 0.717) is 0 Å². The highest BCUT2D eigenvalue weighted by Crippen LogP contribution is 2.37. The molecule has 1 aromatic heterocycles. The van der Waals surface area contributed by atoms with Crippen LogP contribution in [0.1, 0.15) is 17.8 Å². The highest BCUT2D eigenvalue weighted by molar-refractivity contribution is 9.11. The van der Waals surface area contributed by atoms with Crippen LogP contribution in [0.3, 0.4) is 0 Å². The number of rotatable bonds is 4. The van der Waals surface area contributed by atoms with Crippen LogP contribution < -0.4 is 10.1 Å². The van der Waals surface area contributed by atoms with E-state index in [9.17, 15) is 0 Å². The lowest BCUT2D eigenvalue weighted by molar-refractivity contribution is 0.412. The zero-order chi connectivity index (χ0) is 14.0. The maximum Gasteiger partial charge on any atom is 0.135 e. The molecule has 19 heavy (non-hydrogen) atoms. The third-order valence-electron chi connectivity index (χ3n) is 2.65. The van der Waals surface area contributed by atoms with Crippen LogP contribution in [0.4, 0.5) is 5.69 Å². The van der Waals surface area contributed by atoms with Gasteiger partial charge in [0.2, 0.25) is 0 Å². The van der Waals surface area contributed by atoms with Crippen molar-refractivity contribution >= 4 is 64.8 Å². The largest absolute Gasteiger partial charge is 0.495 e. The SMILES string of the molecule is COc1cc(NC(C)c2sccc2Br)c(Br)cc1Br. The fraction of sp³-hybridized carbons (Fsp3) is 0.231. The second-order valence-electron chi connectivity index (χ2n) is 3.97. The van der Waals surface area contributed by atoms with E-state index < -0.39 is 0 Å². The van der Waals surface area contributed by atoms with Gasteiger partial charge in [-0.15, -0.1) is 11.3 Å². The molecule has 0 aliphatic carbocycles. The summed E-state index contributed by atoms with van der Waals surface area (Å²) in [5, 5.41) is 5.57. The molecule has 0 saturated carbocycles. The molecule has 102 valence electrons. The number of hydrogen-bond acceptors (Lipinski definition) is 3. The van der Waals surface area contributed by atoms with E-state index in [1.54, 1.807) is 18.4 Å². The number of halogens is 3. The number of nitrogens with one attached hydrogen (secondary N) is 1. The Morgan fingerprint density at radius 1 is 1.16 bits per heavy atom. The maximum absolute atomic E-state index is 5.32. The van der Waals surface area contributed by atoms with Crippen molar-refractivity contribution in [3.8, 4) is 5.75 Å². The van der Waals surface area contributed by atoms with Crippen molar-refractivity contribution < 1.29 is 4.74 Å². The molecule has 0 radical (unpaired) electrons. The first kappa shape index (κ1) is 15.4. The molecule has 1 heterocycles. The van der Waals surface area contributed by atoms with E-state index in [1.807, 2.05) is 12.1 Å². The highest BCUT2D eigenvalue weighted by Gasteiger charge is 2.14. The van der Waals surface area contributed by atoms with Crippen LogP contribution in [0.2, 0.25) is 0 Å². The van der Waals surface area contributed by atoms with Crippen molar-refractivity contribution in [3.63, 3.8) is 0 Å². The number of methoxy groups -OCH3 is 1. The second-order valence-corrected chi connectivity index (χ2v) is 7.48. The van der Waals surface area contributed by atoms with Gasteiger partial charge in [-0.2, -0.15) is 0 Å². The highest BCUT2D eigenvalue weighted by atomic mass is 79.9. The average molecular weight is 470 g/mol. The second kappa shape index (κ2) is 6.61. The molecular formula is C13H12Br3NOS. The van der Waals surface area contributed by atoms with Crippen molar-refractivity contribution in [1.29, 1.82) is 0 Å². The summed E-state index contributed by atoms with van der Waals surface area (Å²) in [6, 6.07) is 6.25. The molecule has 0 saturated heterocycles. The summed E-state index contributed by atoms with van der Waals surface area (Å²) < 4.78 is 8.39. The summed E-state index contributed by atoms with van der Waals surface area (Å²) in [5.74, 6) is 0.808. The molecule has 1 aromatic carbocycles. The van der Waals surface area contributed by atoms with Crippen molar-refractivity contribution in [2.75, 3.05) is 12.4 Å². The molecule has 0 bridgehead atoms. The number of thiophene rings is 1. The van der Waals surface area contributed by atoms with Gasteiger partial charge in [0.1, 0.15) is 5.75 Å². The summed E-state index contributed by atoms with van der Waals surface area (Å²) >= 11 is 12.3.